The van der Waals surface area contributed by atoms with Crippen LogP contribution in [0.3, 0.4) is 0 Å². The lowest BCUT2D eigenvalue weighted by Gasteiger charge is -2.17. The summed E-state index contributed by atoms with van der Waals surface area (Å²) in [5.74, 6) is -2.98. The highest BCUT2D eigenvalue weighted by atomic mass is 19.4. The molecule has 0 spiro atoms. The zero-order valence-corrected chi connectivity index (χ0v) is 10.5. The molecular formula is C12H11F3O5. The molecule has 0 saturated carbocycles. The molecule has 0 radical (unpaired) electrons. The van der Waals surface area contributed by atoms with E-state index >= 15 is 0 Å². The first kappa shape index (κ1) is 15.8. The van der Waals surface area contributed by atoms with Gasteiger partial charge in [0, 0.05) is 0 Å². The minimum absolute atomic E-state index is 0.446. The molecule has 0 heterocycles. The van der Waals surface area contributed by atoms with Crippen LogP contribution < -0.4 is 4.74 Å². The molecule has 0 fully saturated rings. The van der Waals surface area contributed by atoms with Gasteiger partial charge in [-0.25, -0.2) is 9.59 Å². The van der Waals surface area contributed by atoms with E-state index in [1.165, 1.54) is 6.92 Å². The van der Waals surface area contributed by atoms with Crippen LogP contribution in [0.25, 0.3) is 0 Å². The van der Waals surface area contributed by atoms with Crippen molar-refractivity contribution >= 4 is 11.9 Å². The minimum Gasteiger partial charge on any atom is -0.478 e. The molecule has 0 bridgehead atoms. The van der Waals surface area contributed by atoms with Gasteiger partial charge in [-0.2, -0.15) is 13.2 Å². The lowest BCUT2D eigenvalue weighted by molar-refractivity contribution is -0.150. The van der Waals surface area contributed by atoms with Gasteiger partial charge in [-0.05, 0) is 25.1 Å². The van der Waals surface area contributed by atoms with Crippen molar-refractivity contribution in [2.24, 2.45) is 0 Å². The van der Waals surface area contributed by atoms with Gasteiger partial charge in [-0.1, -0.05) is 0 Å². The summed E-state index contributed by atoms with van der Waals surface area (Å²) in [6, 6.07) is 2.25. The van der Waals surface area contributed by atoms with Gasteiger partial charge in [0.2, 0.25) is 0 Å². The fraction of sp³-hybridized carbons (Fsp3) is 0.333. The monoisotopic (exact) mass is 292 g/mol. The molecule has 0 amide bonds. The van der Waals surface area contributed by atoms with Crippen LogP contribution in [0.5, 0.6) is 5.75 Å². The average Bonchev–Trinajstić information content (AvgIpc) is 2.36. The zero-order valence-electron chi connectivity index (χ0n) is 10.5. The zero-order chi connectivity index (χ0) is 15.5. The maximum Gasteiger partial charge on any atom is 0.419 e. The number of methoxy groups -OCH3 is 1. The van der Waals surface area contributed by atoms with Crippen molar-refractivity contribution in [3.8, 4) is 5.75 Å². The molecule has 0 aliphatic heterocycles. The Hall–Kier alpha value is -2.25. The molecule has 1 aromatic carbocycles. The number of hydrogen-bond acceptors (Lipinski definition) is 4. The van der Waals surface area contributed by atoms with Gasteiger partial charge in [0.15, 0.2) is 6.10 Å². The van der Waals surface area contributed by atoms with E-state index < -0.39 is 41.1 Å². The van der Waals surface area contributed by atoms with Crippen molar-refractivity contribution in [3.05, 3.63) is 29.3 Å². The second-order valence-electron chi connectivity index (χ2n) is 3.80. The second-order valence-corrected chi connectivity index (χ2v) is 3.80. The molecule has 20 heavy (non-hydrogen) atoms. The second kappa shape index (κ2) is 5.81. The Morgan fingerprint density at radius 3 is 2.35 bits per heavy atom. The third-order valence-electron chi connectivity index (χ3n) is 2.37. The van der Waals surface area contributed by atoms with Crippen LogP contribution in [0.2, 0.25) is 0 Å². The van der Waals surface area contributed by atoms with Crippen molar-refractivity contribution in [2.75, 3.05) is 7.11 Å². The number of carbonyl (C=O) groups is 2. The van der Waals surface area contributed by atoms with E-state index in [0.29, 0.717) is 6.07 Å². The van der Waals surface area contributed by atoms with E-state index in [1.54, 1.807) is 0 Å². The lowest BCUT2D eigenvalue weighted by Crippen LogP contribution is -2.26. The molecule has 1 aromatic rings. The van der Waals surface area contributed by atoms with Crippen molar-refractivity contribution in [3.63, 3.8) is 0 Å². The molecule has 1 N–H and O–H groups in total. The summed E-state index contributed by atoms with van der Waals surface area (Å²) in [5, 5.41) is 8.69. The third-order valence-corrected chi connectivity index (χ3v) is 2.37. The van der Waals surface area contributed by atoms with Gasteiger partial charge in [-0.15, -0.1) is 0 Å². The summed E-state index contributed by atoms with van der Waals surface area (Å²) in [6.45, 7) is 1.22. The Balaban J connectivity index is 3.19. The number of carboxylic acids is 1. The molecular weight excluding hydrogens is 281 g/mol. The number of carbonyl (C=O) groups excluding carboxylic acids is 1. The number of esters is 1. The summed E-state index contributed by atoms with van der Waals surface area (Å²) in [5.41, 5.74) is -1.80. The van der Waals surface area contributed by atoms with E-state index in [-0.39, 0.29) is 0 Å². The van der Waals surface area contributed by atoms with Gasteiger partial charge in [0.1, 0.15) is 5.75 Å². The number of benzene rings is 1. The Labute approximate surface area is 111 Å². The van der Waals surface area contributed by atoms with Crippen molar-refractivity contribution < 1.29 is 37.3 Å². The van der Waals surface area contributed by atoms with Crippen LogP contribution >= 0.6 is 0 Å². The van der Waals surface area contributed by atoms with Gasteiger partial charge >= 0.3 is 18.1 Å². The van der Waals surface area contributed by atoms with Crippen molar-refractivity contribution in [1.29, 1.82) is 0 Å². The smallest absolute Gasteiger partial charge is 0.419 e. The summed E-state index contributed by atoms with van der Waals surface area (Å²) in [6.07, 6.45) is -6.06. The fourth-order valence-electron chi connectivity index (χ4n) is 1.39. The minimum atomic E-state index is -4.81. The molecule has 0 aliphatic rings. The van der Waals surface area contributed by atoms with E-state index in [1.807, 2.05) is 0 Å². The number of aromatic carboxylic acids is 1. The molecule has 1 atom stereocenters. The van der Waals surface area contributed by atoms with E-state index in [0.717, 1.165) is 19.2 Å². The van der Waals surface area contributed by atoms with E-state index in [4.69, 9.17) is 9.84 Å². The van der Waals surface area contributed by atoms with Gasteiger partial charge < -0.3 is 14.6 Å². The van der Waals surface area contributed by atoms with Gasteiger partial charge in [-0.3, -0.25) is 0 Å². The molecule has 1 unspecified atom stereocenters. The number of halogens is 3. The van der Waals surface area contributed by atoms with Gasteiger partial charge in [0.05, 0.1) is 18.2 Å². The summed E-state index contributed by atoms with van der Waals surface area (Å²) < 4.78 is 47.7. The molecule has 0 aromatic heterocycles. The molecule has 0 aliphatic carbocycles. The highest BCUT2D eigenvalue weighted by Crippen LogP contribution is 2.37. The lowest BCUT2D eigenvalue weighted by atomic mass is 10.1. The Bertz CT molecular complexity index is 524. The Morgan fingerprint density at radius 1 is 1.30 bits per heavy atom. The third kappa shape index (κ3) is 3.62. The maximum atomic E-state index is 12.8. The van der Waals surface area contributed by atoms with Crippen LogP contribution in [0.1, 0.15) is 22.8 Å². The van der Waals surface area contributed by atoms with Crippen LogP contribution in [0.4, 0.5) is 13.2 Å². The SMILES string of the molecule is COC(=O)C(C)Oc1ccc(C(=O)O)cc1C(F)(F)F. The van der Waals surface area contributed by atoms with E-state index in [9.17, 15) is 22.8 Å². The number of rotatable bonds is 4. The fourth-order valence-corrected chi connectivity index (χ4v) is 1.39. The quantitative estimate of drug-likeness (QED) is 0.862. The molecule has 0 saturated heterocycles. The first-order valence-corrected chi connectivity index (χ1v) is 5.36. The largest absolute Gasteiger partial charge is 0.478 e. The highest BCUT2D eigenvalue weighted by Gasteiger charge is 2.36. The van der Waals surface area contributed by atoms with Crippen molar-refractivity contribution in [1.82, 2.24) is 0 Å². The predicted molar refractivity (Wildman–Crippen MR) is 60.5 cm³/mol. The number of alkyl halides is 3. The standard InChI is InChI=1S/C12H11F3O5/c1-6(11(18)19-2)20-9-4-3-7(10(16)17)5-8(9)12(13,14)15/h3-6H,1-2H3,(H,16,17). The summed E-state index contributed by atoms with van der Waals surface area (Å²) in [7, 11) is 1.07. The number of carboxylic acid groups (broad SMARTS) is 1. The Kier molecular flexibility index (Phi) is 4.59. The number of hydrogen-bond donors (Lipinski definition) is 1. The van der Waals surface area contributed by atoms with Crippen LogP contribution in [0.15, 0.2) is 18.2 Å². The average molecular weight is 292 g/mol. The first-order valence-electron chi connectivity index (χ1n) is 5.36. The summed E-state index contributed by atoms with van der Waals surface area (Å²) in [4.78, 5) is 21.8. The maximum absolute atomic E-state index is 12.8. The topological polar surface area (TPSA) is 72.8 Å². The van der Waals surface area contributed by atoms with Crippen molar-refractivity contribution in [2.45, 2.75) is 19.2 Å². The molecule has 110 valence electrons. The van der Waals surface area contributed by atoms with Crippen LogP contribution in [-0.4, -0.2) is 30.3 Å². The highest BCUT2D eigenvalue weighted by molar-refractivity contribution is 5.88. The predicted octanol–water partition coefficient (Wildman–Crippen LogP) is 2.34. The van der Waals surface area contributed by atoms with Crippen LogP contribution in [-0.2, 0) is 15.7 Å². The first-order chi connectivity index (χ1) is 9.16. The number of ether oxygens (including phenoxy) is 2. The molecule has 8 heteroatoms. The molecule has 5 nitrogen and oxygen atoms in total. The van der Waals surface area contributed by atoms with Crippen LogP contribution in [0, 0.1) is 0 Å². The normalized spacial score (nSPS) is 12.7. The van der Waals surface area contributed by atoms with E-state index in [2.05, 4.69) is 4.74 Å². The molecule has 1 rings (SSSR count). The Morgan fingerprint density at radius 2 is 1.90 bits per heavy atom. The van der Waals surface area contributed by atoms with Gasteiger partial charge in [0.25, 0.3) is 0 Å². The summed E-state index contributed by atoms with van der Waals surface area (Å²) >= 11 is 0.